The van der Waals surface area contributed by atoms with Gasteiger partial charge in [0.05, 0.1) is 7.11 Å². The number of methoxy groups -OCH3 is 1. The van der Waals surface area contributed by atoms with Crippen LogP contribution in [0.15, 0.2) is 42.5 Å². The SMILES string of the molecule is COc1ccc(O[C@@H](C)C(=O)Nc2cc(N)ccc2C)cc1. The summed E-state index contributed by atoms with van der Waals surface area (Å²) in [5.74, 6) is 1.11. The third-order valence-electron chi connectivity index (χ3n) is 3.26. The lowest BCUT2D eigenvalue weighted by Crippen LogP contribution is -2.30. The third kappa shape index (κ3) is 3.91. The summed E-state index contributed by atoms with van der Waals surface area (Å²) in [5, 5.41) is 2.82. The first-order chi connectivity index (χ1) is 10.5. The molecule has 0 bridgehead atoms. The molecule has 1 atom stereocenters. The summed E-state index contributed by atoms with van der Waals surface area (Å²) in [5.41, 5.74) is 7.97. The molecule has 1 amide bonds. The van der Waals surface area contributed by atoms with Crippen molar-refractivity contribution in [2.45, 2.75) is 20.0 Å². The number of amides is 1. The van der Waals surface area contributed by atoms with E-state index in [1.54, 1.807) is 50.4 Å². The molecule has 3 N–H and O–H groups in total. The Kier molecular flexibility index (Phi) is 4.88. The molecule has 0 fully saturated rings. The van der Waals surface area contributed by atoms with Crippen molar-refractivity contribution in [1.29, 1.82) is 0 Å². The third-order valence-corrected chi connectivity index (χ3v) is 3.26. The zero-order valence-corrected chi connectivity index (χ0v) is 12.9. The number of anilines is 2. The molecule has 0 aliphatic heterocycles. The Morgan fingerprint density at radius 1 is 1.14 bits per heavy atom. The number of nitrogens with two attached hydrogens (primary N) is 1. The van der Waals surface area contributed by atoms with Crippen molar-refractivity contribution in [3.8, 4) is 11.5 Å². The number of hydrogen-bond donors (Lipinski definition) is 2. The van der Waals surface area contributed by atoms with Crippen molar-refractivity contribution < 1.29 is 14.3 Å². The zero-order chi connectivity index (χ0) is 16.1. The second-order valence-corrected chi connectivity index (χ2v) is 5.00. The van der Waals surface area contributed by atoms with Crippen molar-refractivity contribution in [2.75, 3.05) is 18.2 Å². The summed E-state index contributed by atoms with van der Waals surface area (Å²) >= 11 is 0. The first-order valence-electron chi connectivity index (χ1n) is 6.97. The second kappa shape index (κ2) is 6.85. The molecule has 116 valence electrons. The summed E-state index contributed by atoms with van der Waals surface area (Å²) in [6.45, 7) is 3.60. The number of rotatable bonds is 5. The molecule has 2 rings (SSSR count). The van der Waals surface area contributed by atoms with Crippen molar-refractivity contribution in [3.05, 3.63) is 48.0 Å². The normalized spacial score (nSPS) is 11.6. The van der Waals surface area contributed by atoms with Gasteiger partial charge in [-0.2, -0.15) is 0 Å². The largest absolute Gasteiger partial charge is 0.497 e. The number of ether oxygens (including phenoxy) is 2. The van der Waals surface area contributed by atoms with Crippen LogP contribution in [0.3, 0.4) is 0 Å². The topological polar surface area (TPSA) is 73.6 Å². The van der Waals surface area contributed by atoms with Crippen molar-refractivity contribution in [3.63, 3.8) is 0 Å². The molecule has 22 heavy (non-hydrogen) atoms. The van der Waals surface area contributed by atoms with Gasteiger partial charge in [-0.15, -0.1) is 0 Å². The highest BCUT2D eigenvalue weighted by atomic mass is 16.5. The lowest BCUT2D eigenvalue weighted by atomic mass is 10.1. The van der Waals surface area contributed by atoms with Gasteiger partial charge in [0.25, 0.3) is 5.91 Å². The number of carbonyl (C=O) groups is 1. The molecule has 5 heteroatoms. The Balaban J connectivity index is 2.00. The monoisotopic (exact) mass is 300 g/mol. The van der Waals surface area contributed by atoms with E-state index < -0.39 is 6.10 Å². The van der Waals surface area contributed by atoms with Crippen LogP contribution in [0, 0.1) is 6.92 Å². The Morgan fingerprint density at radius 3 is 2.41 bits per heavy atom. The van der Waals surface area contributed by atoms with E-state index in [9.17, 15) is 4.79 Å². The molecule has 0 unspecified atom stereocenters. The highest BCUT2D eigenvalue weighted by Crippen LogP contribution is 2.20. The fraction of sp³-hybridized carbons (Fsp3) is 0.235. The van der Waals surface area contributed by atoms with Crippen LogP contribution in [0.5, 0.6) is 11.5 Å². The molecule has 0 spiro atoms. The van der Waals surface area contributed by atoms with Crippen LogP contribution in [-0.4, -0.2) is 19.1 Å². The van der Waals surface area contributed by atoms with Gasteiger partial charge >= 0.3 is 0 Å². The van der Waals surface area contributed by atoms with Crippen LogP contribution in [-0.2, 0) is 4.79 Å². The van der Waals surface area contributed by atoms with E-state index in [2.05, 4.69) is 5.32 Å². The molecule has 0 aromatic heterocycles. The maximum atomic E-state index is 12.2. The molecule has 0 aliphatic carbocycles. The molecule has 2 aromatic carbocycles. The molecule has 0 radical (unpaired) electrons. The predicted molar refractivity (Wildman–Crippen MR) is 87.3 cm³/mol. The summed E-state index contributed by atoms with van der Waals surface area (Å²) in [6.07, 6.45) is -0.630. The van der Waals surface area contributed by atoms with Gasteiger partial charge in [-0.25, -0.2) is 0 Å². The number of benzene rings is 2. The van der Waals surface area contributed by atoms with Crippen LogP contribution in [0.4, 0.5) is 11.4 Å². The van der Waals surface area contributed by atoms with Crippen LogP contribution < -0.4 is 20.5 Å². The predicted octanol–water partition coefficient (Wildman–Crippen LogP) is 2.99. The molecule has 0 saturated heterocycles. The summed E-state index contributed by atoms with van der Waals surface area (Å²) < 4.78 is 10.7. The van der Waals surface area contributed by atoms with E-state index in [1.807, 2.05) is 13.0 Å². The van der Waals surface area contributed by atoms with Gasteiger partial charge < -0.3 is 20.5 Å². The number of aryl methyl sites for hydroxylation is 1. The molecule has 0 aliphatic rings. The Morgan fingerprint density at radius 2 is 1.77 bits per heavy atom. The Bertz CT molecular complexity index is 653. The maximum Gasteiger partial charge on any atom is 0.265 e. The molecular formula is C17H20N2O3. The van der Waals surface area contributed by atoms with Crippen molar-refractivity contribution >= 4 is 17.3 Å². The Hall–Kier alpha value is -2.69. The highest BCUT2D eigenvalue weighted by Gasteiger charge is 2.15. The minimum absolute atomic E-state index is 0.232. The smallest absolute Gasteiger partial charge is 0.265 e. The van der Waals surface area contributed by atoms with Crippen LogP contribution in [0.25, 0.3) is 0 Å². The van der Waals surface area contributed by atoms with E-state index in [0.29, 0.717) is 17.1 Å². The molecule has 0 saturated carbocycles. The van der Waals surface area contributed by atoms with Gasteiger partial charge in [0.1, 0.15) is 11.5 Å². The number of carbonyl (C=O) groups excluding carboxylic acids is 1. The molecule has 5 nitrogen and oxygen atoms in total. The molecule has 2 aromatic rings. The summed E-state index contributed by atoms with van der Waals surface area (Å²) in [4.78, 5) is 12.2. The lowest BCUT2D eigenvalue weighted by Gasteiger charge is -2.16. The number of nitrogens with one attached hydrogen (secondary N) is 1. The van der Waals surface area contributed by atoms with E-state index in [4.69, 9.17) is 15.2 Å². The molecule has 0 heterocycles. The minimum atomic E-state index is -0.630. The average Bonchev–Trinajstić information content (AvgIpc) is 2.51. The van der Waals surface area contributed by atoms with Crippen molar-refractivity contribution in [2.24, 2.45) is 0 Å². The first-order valence-corrected chi connectivity index (χ1v) is 6.97. The van der Waals surface area contributed by atoms with Gasteiger partial charge in [0.2, 0.25) is 0 Å². The summed E-state index contributed by atoms with van der Waals surface area (Å²) in [6, 6.07) is 12.5. The van der Waals surface area contributed by atoms with Crippen LogP contribution >= 0.6 is 0 Å². The van der Waals surface area contributed by atoms with Gasteiger partial charge in [-0.1, -0.05) is 6.07 Å². The maximum absolute atomic E-state index is 12.2. The van der Waals surface area contributed by atoms with Crippen molar-refractivity contribution in [1.82, 2.24) is 0 Å². The number of nitrogen functional groups attached to an aromatic ring is 1. The van der Waals surface area contributed by atoms with Gasteiger partial charge in [0, 0.05) is 11.4 Å². The average molecular weight is 300 g/mol. The quantitative estimate of drug-likeness (QED) is 0.833. The first kappa shape index (κ1) is 15.7. The van der Waals surface area contributed by atoms with Gasteiger partial charge in [-0.3, -0.25) is 4.79 Å². The lowest BCUT2D eigenvalue weighted by molar-refractivity contribution is -0.122. The molecular weight excluding hydrogens is 280 g/mol. The van der Waals surface area contributed by atoms with Crippen LogP contribution in [0.2, 0.25) is 0 Å². The van der Waals surface area contributed by atoms with E-state index in [1.165, 1.54) is 0 Å². The summed E-state index contributed by atoms with van der Waals surface area (Å²) in [7, 11) is 1.60. The van der Waals surface area contributed by atoms with E-state index in [0.717, 1.165) is 11.3 Å². The fourth-order valence-corrected chi connectivity index (χ4v) is 1.92. The van der Waals surface area contributed by atoms with E-state index >= 15 is 0 Å². The minimum Gasteiger partial charge on any atom is -0.497 e. The van der Waals surface area contributed by atoms with Gasteiger partial charge in [0.15, 0.2) is 6.10 Å². The second-order valence-electron chi connectivity index (χ2n) is 5.00. The zero-order valence-electron chi connectivity index (χ0n) is 12.9. The highest BCUT2D eigenvalue weighted by molar-refractivity contribution is 5.95. The van der Waals surface area contributed by atoms with E-state index in [-0.39, 0.29) is 5.91 Å². The fourth-order valence-electron chi connectivity index (χ4n) is 1.92. The number of hydrogen-bond acceptors (Lipinski definition) is 4. The van der Waals surface area contributed by atoms with Gasteiger partial charge in [-0.05, 0) is 55.8 Å². The van der Waals surface area contributed by atoms with Crippen LogP contribution in [0.1, 0.15) is 12.5 Å². The Labute approximate surface area is 130 Å². The standard InChI is InChI=1S/C17H20N2O3/c1-11-4-5-13(18)10-16(11)19-17(20)12(2)22-15-8-6-14(21-3)7-9-15/h4-10,12H,18H2,1-3H3,(H,19,20)/t12-/m0/s1.